The second kappa shape index (κ2) is 3.32. The van der Waals surface area contributed by atoms with Crippen LogP contribution in [0.5, 0.6) is 0 Å². The predicted octanol–water partition coefficient (Wildman–Crippen LogP) is 0.498. The largest absolute Gasteiger partial charge is 0.240 e. The highest BCUT2D eigenvalue weighted by atomic mass is 15.7. The maximum absolute atomic E-state index is 3.21. The molecule has 0 bridgehead atoms. The molecule has 1 fully saturated rings. The van der Waals surface area contributed by atoms with Crippen molar-refractivity contribution >= 4 is 0 Å². The van der Waals surface area contributed by atoms with E-state index in [-0.39, 0.29) is 0 Å². The first kappa shape index (κ1) is 7.98. The number of nitrogens with zero attached hydrogens (tertiary/aromatic N) is 1. The molecule has 1 aliphatic heterocycles. The lowest BCUT2D eigenvalue weighted by Gasteiger charge is -2.18. The van der Waals surface area contributed by atoms with E-state index in [1.807, 2.05) is 0 Å². The molecule has 0 aliphatic carbocycles. The second-order valence-corrected chi connectivity index (χ2v) is 3.11. The van der Waals surface area contributed by atoms with Crippen molar-refractivity contribution in [2.45, 2.75) is 39.3 Å². The number of hydrogen-bond acceptors (Lipinski definition) is 3. The molecule has 1 atom stereocenters. The molecule has 3 heteroatoms. The van der Waals surface area contributed by atoms with Crippen LogP contribution in [-0.4, -0.2) is 23.6 Å². The van der Waals surface area contributed by atoms with Gasteiger partial charge in [-0.15, -0.1) is 0 Å². The van der Waals surface area contributed by atoms with Gasteiger partial charge in [0.05, 0.1) is 0 Å². The molecule has 0 aromatic carbocycles. The SMILES string of the molecule is CCC1CN(C(C)C)NN1. The Labute approximate surface area is 62.7 Å². The second-order valence-electron chi connectivity index (χ2n) is 3.11. The van der Waals surface area contributed by atoms with Gasteiger partial charge in [-0.05, 0) is 20.3 Å². The van der Waals surface area contributed by atoms with Crippen molar-refractivity contribution in [3.63, 3.8) is 0 Å². The summed E-state index contributed by atoms with van der Waals surface area (Å²) in [5, 5.41) is 2.22. The predicted molar refractivity (Wildman–Crippen MR) is 42.2 cm³/mol. The zero-order valence-electron chi connectivity index (χ0n) is 7.02. The average Bonchev–Trinajstić information content (AvgIpc) is 2.34. The van der Waals surface area contributed by atoms with Gasteiger partial charge in [0, 0.05) is 18.6 Å². The summed E-state index contributed by atoms with van der Waals surface area (Å²) in [5.41, 5.74) is 6.35. The van der Waals surface area contributed by atoms with E-state index in [1.54, 1.807) is 0 Å². The van der Waals surface area contributed by atoms with Crippen molar-refractivity contribution in [2.24, 2.45) is 0 Å². The lowest BCUT2D eigenvalue weighted by Crippen LogP contribution is -2.40. The molecule has 1 unspecified atom stereocenters. The minimum absolute atomic E-state index is 0.587. The first-order valence-electron chi connectivity index (χ1n) is 4.02. The first-order chi connectivity index (χ1) is 4.74. The van der Waals surface area contributed by atoms with Gasteiger partial charge >= 0.3 is 0 Å². The minimum atomic E-state index is 0.587. The Morgan fingerprint density at radius 2 is 2.30 bits per heavy atom. The molecule has 1 heterocycles. The van der Waals surface area contributed by atoms with E-state index in [0.717, 1.165) is 6.54 Å². The summed E-state index contributed by atoms with van der Waals surface area (Å²) >= 11 is 0. The lowest BCUT2D eigenvalue weighted by molar-refractivity contribution is 0.183. The average molecular weight is 143 g/mol. The number of nitrogens with one attached hydrogen (secondary N) is 2. The summed E-state index contributed by atoms with van der Waals surface area (Å²) in [6, 6.07) is 1.21. The van der Waals surface area contributed by atoms with Crippen LogP contribution in [-0.2, 0) is 0 Å². The van der Waals surface area contributed by atoms with Gasteiger partial charge in [0.15, 0.2) is 0 Å². The van der Waals surface area contributed by atoms with E-state index in [0.29, 0.717) is 12.1 Å². The third-order valence-corrected chi connectivity index (χ3v) is 1.95. The van der Waals surface area contributed by atoms with Crippen molar-refractivity contribution in [1.29, 1.82) is 0 Å². The topological polar surface area (TPSA) is 27.3 Å². The van der Waals surface area contributed by atoms with Gasteiger partial charge in [0.25, 0.3) is 0 Å². The molecule has 1 saturated heterocycles. The number of hydrazine groups is 2. The zero-order valence-corrected chi connectivity index (χ0v) is 7.02. The van der Waals surface area contributed by atoms with Gasteiger partial charge in [-0.1, -0.05) is 6.92 Å². The Balaban J connectivity index is 2.28. The molecule has 2 N–H and O–H groups in total. The molecule has 60 valence electrons. The summed E-state index contributed by atoms with van der Waals surface area (Å²) in [5.74, 6) is 0. The van der Waals surface area contributed by atoms with Crippen molar-refractivity contribution < 1.29 is 0 Å². The number of hydrogen-bond donors (Lipinski definition) is 2. The summed E-state index contributed by atoms with van der Waals surface area (Å²) < 4.78 is 0. The molecule has 0 aromatic heterocycles. The maximum Gasteiger partial charge on any atom is 0.0365 e. The van der Waals surface area contributed by atoms with Crippen LogP contribution < -0.4 is 11.0 Å². The smallest absolute Gasteiger partial charge is 0.0365 e. The van der Waals surface area contributed by atoms with Gasteiger partial charge in [-0.25, -0.2) is 10.4 Å². The fraction of sp³-hybridized carbons (Fsp3) is 1.00. The van der Waals surface area contributed by atoms with Crippen LogP contribution in [0.25, 0.3) is 0 Å². The van der Waals surface area contributed by atoms with Crippen LogP contribution in [0.1, 0.15) is 27.2 Å². The molecule has 3 nitrogen and oxygen atoms in total. The highest BCUT2D eigenvalue weighted by Gasteiger charge is 2.21. The zero-order chi connectivity index (χ0) is 7.56. The van der Waals surface area contributed by atoms with Crippen LogP contribution in [0.2, 0.25) is 0 Å². The molecular formula is C7H17N3. The monoisotopic (exact) mass is 143 g/mol. The highest BCUT2D eigenvalue weighted by molar-refractivity contribution is 4.73. The number of rotatable bonds is 2. The van der Waals surface area contributed by atoms with E-state index < -0.39 is 0 Å². The van der Waals surface area contributed by atoms with Crippen molar-refractivity contribution in [3.05, 3.63) is 0 Å². The van der Waals surface area contributed by atoms with Crippen LogP contribution in [0.4, 0.5) is 0 Å². The van der Waals surface area contributed by atoms with E-state index in [2.05, 4.69) is 36.7 Å². The van der Waals surface area contributed by atoms with Crippen molar-refractivity contribution in [2.75, 3.05) is 6.54 Å². The molecule has 0 saturated carbocycles. The fourth-order valence-corrected chi connectivity index (χ4v) is 1.07. The van der Waals surface area contributed by atoms with Crippen LogP contribution >= 0.6 is 0 Å². The molecule has 10 heavy (non-hydrogen) atoms. The van der Waals surface area contributed by atoms with E-state index in [9.17, 15) is 0 Å². The molecule has 1 rings (SSSR count). The maximum atomic E-state index is 3.21. The van der Waals surface area contributed by atoms with Gasteiger partial charge < -0.3 is 0 Å². The molecule has 1 aliphatic rings. The summed E-state index contributed by atoms with van der Waals surface area (Å²) in [6.07, 6.45) is 1.19. The van der Waals surface area contributed by atoms with Gasteiger partial charge in [0.2, 0.25) is 0 Å². The van der Waals surface area contributed by atoms with Gasteiger partial charge in [0.1, 0.15) is 0 Å². The summed E-state index contributed by atoms with van der Waals surface area (Å²) in [4.78, 5) is 0. The third kappa shape index (κ3) is 1.68. The minimum Gasteiger partial charge on any atom is -0.240 e. The fourth-order valence-electron chi connectivity index (χ4n) is 1.07. The molecule has 0 aromatic rings. The Kier molecular flexibility index (Phi) is 2.65. The molecule has 0 amide bonds. The highest BCUT2D eigenvalue weighted by Crippen LogP contribution is 2.03. The molecular weight excluding hydrogens is 126 g/mol. The Morgan fingerprint density at radius 1 is 1.60 bits per heavy atom. The van der Waals surface area contributed by atoms with Crippen molar-refractivity contribution in [3.8, 4) is 0 Å². The van der Waals surface area contributed by atoms with Crippen LogP contribution in [0.3, 0.4) is 0 Å². The normalized spacial score (nSPS) is 28.2. The Hall–Kier alpha value is -0.120. The summed E-state index contributed by atoms with van der Waals surface area (Å²) in [6.45, 7) is 7.69. The van der Waals surface area contributed by atoms with E-state index in [4.69, 9.17) is 0 Å². The van der Waals surface area contributed by atoms with Gasteiger partial charge in [-0.3, -0.25) is 0 Å². The van der Waals surface area contributed by atoms with Crippen molar-refractivity contribution in [1.82, 2.24) is 16.0 Å². The quantitative estimate of drug-likeness (QED) is 0.589. The Bertz CT molecular complexity index is 103. The lowest BCUT2D eigenvalue weighted by atomic mass is 10.2. The third-order valence-electron chi connectivity index (χ3n) is 1.95. The standard InChI is InChI=1S/C7H17N3/c1-4-7-5-10(6(2)3)9-8-7/h6-9H,4-5H2,1-3H3. The van der Waals surface area contributed by atoms with E-state index >= 15 is 0 Å². The summed E-state index contributed by atoms with van der Waals surface area (Å²) in [7, 11) is 0. The van der Waals surface area contributed by atoms with E-state index in [1.165, 1.54) is 6.42 Å². The van der Waals surface area contributed by atoms with Crippen LogP contribution in [0, 0.1) is 0 Å². The Morgan fingerprint density at radius 3 is 2.60 bits per heavy atom. The van der Waals surface area contributed by atoms with Crippen LogP contribution in [0.15, 0.2) is 0 Å². The molecule has 0 spiro atoms. The van der Waals surface area contributed by atoms with Gasteiger partial charge in [-0.2, -0.15) is 5.53 Å². The first-order valence-corrected chi connectivity index (χ1v) is 4.02. The molecule has 0 radical (unpaired) electrons.